The number of aliphatic imine (C=N–C) groups is 1. The molecule has 168 valence electrons. The normalized spacial score (nSPS) is 33.1. The van der Waals surface area contributed by atoms with Crippen LogP contribution < -0.4 is 15.8 Å². The summed E-state index contributed by atoms with van der Waals surface area (Å²) in [6.07, 6.45) is 0.0356. The maximum atomic E-state index is 13.3. The molecule has 1 unspecified atom stereocenters. The van der Waals surface area contributed by atoms with Crippen molar-refractivity contribution in [2.45, 2.75) is 70.7 Å². The second kappa shape index (κ2) is 6.95. The Bertz CT molecular complexity index is 957. The topological polar surface area (TPSA) is 117 Å². The molecule has 0 saturated heterocycles. The molecule has 4 N–H and O–H groups in total. The maximum Gasteiger partial charge on any atom is 0.231 e. The third-order valence-corrected chi connectivity index (χ3v) is 6.85. The van der Waals surface area contributed by atoms with Crippen molar-refractivity contribution in [1.82, 2.24) is 10.2 Å². The fourth-order valence-electron chi connectivity index (χ4n) is 4.62. The van der Waals surface area contributed by atoms with Gasteiger partial charge in [-0.25, -0.2) is 4.99 Å². The lowest BCUT2D eigenvalue weighted by molar-refractivity contribution is -0.132. The first kappa shape index (κ1) is 21.6. The van der Waals surface area contributed by atoms with Crippen LogP contribution in [-0.2, 0) is 9.59 Å². The third-order valence-electron chi connectivity index (χ3n) is 6.85. The summed E-state index contributed by atoms with van der Waals surface area (Å²) < 4.78 is 5.93. The second-order valence-electron chi connectivity index (χ2n) is 10.4. The van der Waals surface area contributed by atoms with Crippen LogP contribution in [0.3, 0.4) is 0 Å². The summed E-state index contributed by atoms with van der Waals surface area (Å²) in [4.78, 5) is 31.7. The first-order valence-electron chi connectivity index (χ1n) is 10.8. The highest BCUT2D eigenvalue weighted by molar-refractivity contribution is 5.99. The predicted octanol–water partition coefficient (Wildman–Crippen LogP) is 1.73. The van der Waals surface area contributed by atoms with Crippen molar-refractivity contribution in [3.63, 3.8) is 0 Å². The summed E-state index contributed by atoms with van der Waals surface area (Å²) >= 11 is 0. The standard InChI is InChI=1S/C23H32N4O4/c1-21(2)11-16(28)27(20(24)26-21)12-13-10-23(13,5)19(30)25-17-14-8-6-7-9-15(14)31-22(3,4)18(17)29/h6-9,13,17-18,29H,10-12H2,1-5H3,(H2,24,26)(H,25,30)/t13?,17-,18+,23-/m1/s1. The van der Waals surface area contributed by atoms with Crippen LogP contribution in [0.5, 0.6) is 5.75 Å². The lowest BCUT2D eigenvalue weighted by atomic mass is 9.86. The Morgan fingerprint density at radius 2 is 1.97 bits per heavy atom. The number of guanidine groups is 1. The number of aliphatic hydroxyl groups is 1. The van der Waals surface area contributed by atoms with Crippen LogP contribution in [0, 0.1) is 11.3 Å². The summed E-state index contributed by atoms with van der Waals surface area (Å²) in [5, 5.41) is 14.0. The van der Waals surface area contributed by atoms with E-state index < -0.39 is 28.7 Å². The van der Waals surface area contributed by atoms with E-state index in [-0.39, 0.29) is 23.7 Å². The maximum absolute atomic E-state index is 13.3. The molecule has 0 radical (unpaired) electrons. The number of ether oxygens (including phenoxy) is 1. The fourth-order valence-corrected chi connectivity index (χ4v) is 4.62. The summed E-state index contributed by atoms with van der Waals surface area (Å²) in [7, 11) is 0. The number of carbonyl (C=O) groups is 2. The second-order valence-corrected chi connectivity index (χ2v) is 10.4. The van der Waals surface area contributed by atoms with Gasteiger partial charge in [0.2, 0.25) is 11.8 Å². The van der Waals surface area contributed by atoms with Gasteiger partial charge in [0, 0.05) is 12.1 Å². The number of aliphatic hydroxyl groups excluding tert-OH is 1. The number of benzene rings is 1. The molecule has 2 heterocycles. The number of nitrogens with one attached hydrogen (secondary N) is 1. The first-order chi connectivity index (χ1) is 14.3. The molecule has 8 nitrogen and oxygen atoms in total. The zero-order valence-electron chi connectivity index (χ0n) is 18.8. The molecule has 1 saturated carbocycles. The SMILES string of the molecule is CC1(C)CC(=O)N(CC2C[C@@]2(C)C(=O)N[C@@H]2c3ccccc3OC(C)(C)[C@H]2O)C(N)=N1. The van der Waals surface area contributed by atoms with E-state index in [4.69, 9.17) is 10.5 Å². The van der Waals surface area contributed by atoms with Gasteiger partial charge in [0.15, 0.2) is 5.96 Å². The predicted molar refractivity (Wildman–Crippen MR) is 116 cm³/mol. The zero-order chi connectivity index (χ0) is 22.8. The molecule has 3 aliphatic rings. The molecule has 0 bridgehead atoms. The van der Waals surface area contributed by atoms with Crippen LogP contribution in [0.1, 0.15) is 59.1 Å². The summed E-state index contributed by atoms with van der Waals surface area (Å²) in [6, 6.07) is 6.85. The highest BCUT2D eigenvalue weighted by Gasteiger charge is 2.58. The third kappa shape index (κ3) is 3.78. The number of nitrogens with zero attached hydrogens (tertiary/aromatic N) is 2. The highest BCUT2D eigenvalue weighted by atomic mass is 16.5. The Morgan fingerprint density at radius 3 is 2.65 bits per heavy atom. The molecule has 1 aromatic carbocycles. The number of rotatable bonds is 4. The lowest BCUT2D eigenvalue weighted by Gasteiger charge is -2.42. The number of hydrogen-bond acceptors (Lipinski definition) is 6. The molecule has 2 aliphatic heterocycles. The van der Waals surface area contributed by atoms with Gasteiger partial charge in [-0.05, 0) is 46.1 Å². The van der Waals surface area contributed by atoms with E-state index >= 15 is 0 Å². The molecule has 8 heteroatoms. The van der Waals surface area contributed by atoms with E-state index in [2.05, 4.69) is 10.3 Å². The average Bonchev–Trinajstić information content (AvgIpc) is 3.32. The summed E-state index contributed by atoms with van der Waals surface area (Å²) in [5.41, 5.74) is 4.83. The monoisotopic (exact) mass is 428 g/mol. The van der Waals surface area contributed by atoms with Crippen LogP contribution in [0.25, 0.3) is 0 Å². The smallest absolute Gasteiger partial charge is 0.231 e. The molecule has 4 atom stereocenters. The lowest BCUT2D eigenvalue weighted by Crippen LogP contribution is -2.54. The van der Waals surface area contributed by atoms with Crippen molar-refractivity contribution in [1.29, 1.82) is 0 Å². The minimum absolute atomic E-state index is 0.0216. The van der Waals surface area contributed by atoms with Crippen molar-refractivity contribution < 1.29 is 19.4 Å². The Labute approximate surface area is 182 Å². The Kier molecular flexibility index (Phi) is 4.85. The molecule has 2 amide bonds. The van der Waals surface area contributed by atoms with Crippen molar-refractivity contribution in [3.05, 3.63) is 29.8 Å². The summed E-state index contributed by atoms with van der Waals surface area (Å²) in [6.45, 7) is 9.62. The van der Waals surface area contributed by atoms with E-state index in [9.17, 15) is 14.7 Å². The Balaban J connectivity index is 1.48. The molecule has 4 rings (SSSR count). The van der Waals surface area contributed by atoms with Crippen molar-refractivity contribution in [2.24, 2.45) is 22.1 Å². The number of para-hydroxylation sites is 1. The largest absolute Gasteiger partial charge is 0.485 e. The number of hydrogen-bond donors (Lipinski definition) is 3. The summed E-state index contributed by atoms with van der Waals surface area (Å²) in [5.74, 6) is 0.640. The van der Waals surface area contributed by atoms with Crippen LogP contribution >= 0.6 is 0 Å². The average molecular weight is 429 g/mol. The van der Waals surface area contributed by atoms with Crippen molar-refractivity contribution in [2.75, 3.05) is 6.54 Å². The minimum atomic E-state index is -0.902. The molecule has 0 spiro atoms. The molecule has 1 fully saturated rings. The fraction of sp³-hybridized carbons (Fsp3) is 0.609. The van der Waals surface area contributed by atoms with E-state index in [1.54, 1.807) is 13.8 Å². The highest BCUT2D eigenvalue weighted by Crippen LogP contribution is 2.53. The number of nitrogens with two attached hydrogens (primary N) is 1. The van der Waals surface area contributed by atoms with Gasteiger partial charge in [-0.1, -0.05) is 25.1 Å². The Hall–Kier alpha value is -2.61. The number of amides is 2. The molecule has 1 aliphatic carbocycles. The molecular weight excluding hydrogens is 396 g/mol. The van der Waals surface area contributed by atoms with E-state index in [1.807, 2.05) is 45.0 Å². The van der Waals surface area contributed by atoms with Crippen molar-refractivity contribution in [3.8, 4) is 5.75 Å². The van der Waals surface area contributed by atoms with E-state index in [1.165, 1.54) is 4.90 Å². The molecule has 1 aromatic rings. The van der Waals surface area contributed by atoms with Crippen LogP contribution in [0.4, 0.5) is 0 Å². The number of carbonyl (C=O) groups excluding carboxylic acids is 2. The van der Waals surface area contributed by atoms with Gasteiger partial charge in [0.1, 0.15) is 17.5 Å². The van der Waals surface area contributed by atoms with Crippen molar-refractivity contribution >= 4 is 17.8 Å². The van der Waals surface area contributed by atoms with Gasteiger partial charge in [0.05, 0.1) is 23.4 Å². The van der Waals surface area contributed by atoms with Gasteiger partial charge in [-0.3, -0.25) is 14.5 Å². The van der Waals surface area contributed by atoms with E-state index in [0.29, 0.717) is 25.1 Å². The molecular formula is C23H32N4O4. The first-order valence-corrected chi connectivity index (χ1v) is 10.8. The van der Waals surface area contributed by atoms with Crippen LogP contribution in [0.2, 0.25) is 0 Å². The molecule has 31 heavy (non-hydrogen) atoms. The van der Waals surface area contributed by atoms with Gasteiger partial charge in [-0.15, -0.1) is 0 Å². The quantitative estimate of drug-likeness (QED) is 0.675. The van der Waals surface area contributed by atoms with Crippen LogP contribution in [0.15, 0.2) is 29.3 Å². The van der Waals surface area contributed by atoms with Gasteiger partial charge >= 0.3 is 0 Å². The minimum Gasteiger partial charge on any atom is -0.485 e. The van der Waals surface area contributed by atoms with Crippen LogP contribution in [-0.4, -0.2) is 51.6 Å². The van der Waals surface area contributed by atoms with Gasteiger partial charge in [-0.2, -0.15) is 0 Å². The zero-order valence-corrected chi connectivity index (χ0v) is 18.8. The van der Waals surface area contributed by atoms with Gasteiger partial charge in [0.25, 0.3) is 0 Å². The van der Waals surface area contributed by atoms with E-state index in [0.717, 1.165) is 5.56 Å². The number of fused-ring (bicyclic) bond motifs is 1. The van der Waals surface area contributed by atoms with Gasteiger partial charge < -0.3 is 20.9 Å². The Morgan fingerprint density at radius 1 is 1.29 bits per heavy atom. The molecule has 0 aromatic heterocycles.